The lowest BCUT2D eigenvalue weighted by Crippen LogP contribution is -2.32. The van der Waals surface area contributed by atoms with Gasteiger partial charge in [0.15, 0.2) is 0 Å². The number of unbranched alkanes of at least 4 members (excludes halogenated alkanes) is 18. The van der Waals surface area contributed by atoms with E-state index in [1.54, 1.807) is 0 Å². The van der Waals surface area contributed by atoms with Gasteiger partial charge in [-0.25, -0.2) is 19.6 Å². The lowest BCUT2D eigenvalue weighted by molar-refractivity contribution is -0.367. The predicted octanol–water partition coefficient (Wildman–Crippen LogP) is 12.4. The molecule has 0 rings (SSSR count). The summed E-state index contributed by atoms with van der Waals surface area (Å²) in [5.74, 6) is 0. The van der Waals surface area contributed by atoms with Gasteiger partial charge in [0.2, 0.25) is 0 Å². The molecule has 0 aromatic carbocycles. The van der Waals surface area contributed by atoms with Crippen molar-refractivity contribution in [2.24, 2.45) is 0 Å². The van der Waals surface area contributed by atoms with E-state index in [9.17, 15) is 0 Å². The van der Waals surface area contributed by atoms with E-state index < -0.39 is 0 Å². The van der Waals surface area contributed by atoms with Crippen molar-refractivity contribution in [3.8, 4) is 0 Å². The molecule has 0 amide bonds. The topological polar surface area (TPSA) is 40.2 Å². The summed E-state index contributed by atoms with van der Waals surface area (Å²) in [6.07, 6.45) is 48.2. The lowest BCUT2D eigenvalue weighted by atomic mass is 10.1. The zero-order valence-corrected chi connectivity index (χ0v) is 31.1. The molecule has 0 bridgehead atoms. The molecule has 0 heterocycles. The summed E-state index contributed by atoms with van der Waals surface area (Å²) < 4.78 is 0. The van der Waals surface area contributed by atoms with Crippen molar-refractivity contribution >= 4 is 0 Å². The number of nitrogens with zero attached hydrogens (tertiary/aromatic N) is 1. The second-order valence-electron chi connectivity index (χ2n) is 13.1. The van der Waals surface area contributed by atoms with Gasteiger partial charge >= 0.3 is 0 Å². The van der Waals surface area contributed by atoms with Crippen LogP contribution in [0.1, 0.15) is 168 Å². The summed E-state index contributed by atoms with van der Waals surface area (Å²) in [7, 11) is 4.06. The molecule has 0 spiro atoms. The van der Waals surface area contributed by atoms with Crippen molar-refractivity contribution in [2.45, 2.75) is 174 Å². The fraction of sp³-hybridized carbons (Fsp3) is 0.805. The number of allylic oxidation sites excluding steroid dienone is 8. The first kappa shape index (κ1) is 44.8. The number of likely N-dealkylation sites (N-methyl/N-ethyl adjacent to an activating group) is 1. The average molecular weight is 648 g/mol. The van der Waals surface area contributed by atoms with Gasteiger partial charge in [0.1, 0.15) is 12.7 Å². The van der Waals surface area contributed by atoms with Crippen molar-refractivity contribution < 1.29 is 19.6 Å². The van der Waals surface area contributed by atoms with Crippen LogP contribution in [0.3, 0.4) is 0 Å². The lowest BCUT2D eigenvalue weighted by Gasteiger charge is -2.20. The summed E-state index contributed by atoms with van der Waals surface area (Å²) in [4.78, 5) is 24.1. The molecule has 5 heteroatoms. The van der Waals surface area contributed by atoms with Crippen molar-refractivity contribution in [1.82, 2.24) is 4.90 Å². The third-order valence-electron chi connectivity index (χ3n) is 7.97. The highest BCUT2D eigenvalue weighted by molar-refractivity contribution is 4.93. The van der Waals surface area contributed by atoms with Crippen LogP contribution >= 0.6 is 0 Å². The number of rotatable bonds is 37. The van der Waals surface area contributed by atoms with Gasteiger partial charge in [-0.15, -0.1) is 0 Å². The zero-order valence-electron chi connectivity index (χ0n) is 31.1. The molecular formula is C41H77NO4. The number of hydrogen-bond donors (Lipinski definition) is 0. The fourth-order valence-corrected chi connectivity index (χ4v) is 5.14. The molecule has 46 heavy (non-hydrogen) atoms. The molecule has 270 valence electrons. The van der Waals surface area contributed by atoms with Crippen molar-refractivity contribution in [2.75, 3.05) is 40.5 Å². The van der Waals surface area contributed by atoms with Crippen LogP contribution in [-0.2, 0) is 19.6 Å². The molecule has 0 aromatic heterocycles. The maximum Gasteiger partial charge on any atom is 0.132 e. The van der Waals surface area contributed by atoms with Crippen molar-refractivity contribution in [3.05, 3.63) is 48.6 Å². The quantitative estimate of drug-likeness (QED) is 0.0290. The van der Waals surface area contributed by atoms with Crippen LogP contribution in [0.15, 0.2) is 48.6 Å². The van der Waals surface area contributed by atoms with E-state index in [1.165, 1.54) is 128 Å². The molecule has 1 atom stereocenters. The Morgan fingerprint density at radius 2 is 0.826 bits per heavy atom. The van der Waals surface area contributed by atoms with Gasteiger partial charge in [-0.3, -0.25) is 0 Å². The Kier molecular flexibility index (Phi) is 38.9. The molecule has 0 saturated carbocycles. The van der Waals surface area contributed by atoms with E-state index in [-0.39, 0.29) is 6.10 Å². The van der Waals surface area contributed by atoms with Gasteiger partial charge in [0.25, 0.3) is 0 Å². The standard InChI is InChI=1S/C41H77NO4/c1-5-7-9-11-13-15-17-19-21-23-25-27-29-31-33-35-37-43-45-40-41(39-42(3)4)46-44-38-36-34-32-30-28-26-24-22-20-18-16-14-12-10-8-6-2/h13-16,19-22,41H,5-12,17-18,23-40H2,1-4H3/b15-13-,16-14-,21-19-,22-20-. The second-order valence-corrected chi connectivity index (χ2v) is 13.1. The highest BCUT2D eigenvalue weighted by Crippen LogP contribution is 2.10. The minimum atomic E-state index is -0.157. The van der Waals surface area contributed by atoms with Crippen LogP contribution in [0.25, 0.3) is 0 Å². The molecule has 0 aliphatic carbocycles. The van der Waals surface area contributed by atoms with Gasteiger partial charge in [-0.2, -0.15) is 0 Å². The second kappa shape index (κ2) is 39.9. The van der Waals surface area contributed by atoms with Crippen LogP contribution in [0.5, 0.6) is 0 Å². The van der Waals surface area contributed by atoms with E-state index in [1.807, 2.05) is 14.1 Å². The summed E-state index contributed by atoms with van der Waals surface area (Å²) in [5.41, 5.74) is 0. The molecule has 5 nitrogen and oxygen atoms in total. The molecule has 0 aliphatic rings. The van der Waals surface area contributed by atoms with Crippen LogP contribution in [0, 0.1) is 0 Å². The maximum atomic E-state index is 5.65. The zero-order chi connectivity index (χ0) is 33.4. The highest BCUT2D eigenvalue weighted by atomic mass is 17.2. The van der Waals surface area contributed by atoms with Crippen LogP contribution in [-0.4, -0.2) is 51.5 Å². The van der Waals surface area contributed by atoms with Gasteiger partial charge in [-0.05, 0) is 91.1 Å². The summed E-state index contributed by atoms with van der Waals surface area (Å²) in [6, 6.07) is 0. The highest BCUT2D eigenvalue weighted by Gasteiger charge is 2.13. The Bertz CT molecular complexity index is 688. The Morgan fingerprint density at radius 1 is 0.435 bits per heavy atom. The first-order valence-electron chi connectivity index (χ1n) is 19.5. The molecule has 0 saturated heterocycles. The first-order valence-corrected chi connectivity index (χ1v) is 19.5. The molecule has 1 unspecified atom stereocenters. The normalized spacial score (nSPS) is 13.2. The van der Waals surface area contributed by atoms with Gasteiger partial charge < -0.3 is 4.90 Å². The smallest absolute Gasteiger partial charge is 0.132 e. The SMILES string of the molecule is CCCCC/C=C\C/C=C\CCCCCCCCOOCC(CN(C)C)OOCCCCCCCC/C=C\C/C=C\CCCCC. The predicted molar refractivity (Wildman–Crippen MR) is 200 cm³/mol. The van der Waals surface area contributed by atoms with E-state index in [0.29, 0.717) is 19.8 Å². The molecule has 0 fully saturated rings. The third-order valence-corrected chi connectivity index (χ3v) is 7.97. The van der Waals surface area contributed by atoms with Gasteiger partial charge in [0, 0.05) is 6.54 Å². The molecule has 0 aromatic rings. The maximum absolute atomic E-state index is 5.65. The van der Waals surface area contributed by atoms with Gasteiger partial charge in [0.05, 0.1) is 13.2 Å². The van der Waals surface area contributed by atoms with Crippen molar-refractivity contribution in [3.63, 3.8) is 0 Å². The third kappa shape index (κ3) is 38.9. The van der Waals surface area contributed by atoms with E-state index in [2.05, 4.69) is 67.4 Å². The average Bonchev–Trinajstić information content (AvgIpc) is 3.04. The van der Waals surface area contributed by atoms with Crippen LogP contribution in [0.2, 0.25) is 0 Å². The summed E-state index contributed by atoms with van der Waals surface area (Å²) in [6.45, 7) is 6.89. The summed E-state index contributed by atoms with van der Waals surface area (Å²) >= 11 is 0. The molecule has 0 radical (unpaired) electrons. The minimum absolute atomic E-state index is 0.157. The van der Waals surface area contributed by atoms with Crippen LogP contribution < -0.4 is 0 Å². The fourth-order valence-electron chi connectivity index (χ4n) is 5.14. The van der Waals surface area contributed by atoms with E-state index >= 15 is 0 Å². The van der Waals surface area contributed by atoms with Crippen LogP contribution in [0.4, 0.5) is 0 Å². The molecule has 0 aliphatic heterocycles. The Hall–Kier alpha value is -1.24. The Morgan fingerprint density at radius 3 is 1.26 bits per heavy atom. The monoisotopic (exact) mass is 648 g/mol. The van der Waals surface area contributed by atoms with E-state index in [0.717, 1.165) is 32.2 Å². The Labute approximate surface area is 287 Å². The molecular weight excluding hydrogens is 570 g/mol. The molecule has 0 N–H and O–H groups in total. The van der Waals surface area contributed by atoms with E-state index in [4.69, 9.17) is 19.6 Å². The first-order chi connectivity index (χ1) is 22.7. The Balaban J connectivity index is 3.55. The summed E-state index contributed by atoms with van der Waals surface area (Å²) in [5, 5.41) is 0. The van der Waals surface area contributed by atoms with Crippen molar-refractivity contribution in [1.29, 1.82) is 0 Å². The van der Waals surface area contributed by atoms with Gasteiger partial charge in [-0.1, -0.05) is 140 Å². The minimum Gasteiger partial charge on any atom is -0.307 e. The number of hydrogen-bond acceptors (Lipinski definition) is 5. The largest absolute Gasteiger partial charge is 0.307 e.